The highest BCUT2D eigenvalue weighted by Gasteiger charge is 2.18. The van der Waals surface area contributed by atoms with Crippen molar-refractivity contribution in [2.24, 2.45) is 11.5 Å². The molecule has 3 nitrogen and oxygen atoms in total. The van der Waals surface area contributed by atoms with Crippen molar-refractivity contribution in [3.63, 3.8) is 0 Å². The maximum atomic E-state index is 6.01. The van der Waals surface area contributed by atoms with Crippen LogP contribution in [0.1, 0.15) is 36.1 Å². The van der Waals surface area contributed by atoms with Crippen molar-refractivity contribution in [1.29, 1.82) is 0 Å². The second-order valence-corrected chi connectivity index (χ2v) is 4.29. The fourth-order valence-corrected chi connectivity index (χ4v) is 2.32. The normalized spacial score (nSPS) is 15.9. The monoisotopic (exact) mass is 220 g/mol. The van der Waals surface area contributed by atoms with E-state index in [9.17, 15) is 0 Å². The number of hydrogen-bond donors (Lipinski definition) is 2. The van der Waals surface area contributed by atoms with Crippen molar-refractivity contribution in [2.45, 2.75) is 32.2 Å². The molecule has 1 aliphatic rings. The molecule has 0 saturated heterocycles. The Hall–Kier alpha value is -1.06. The quantitative estimate of drug-likeness (QED) is 0.809. The van der Waals surface area contributed by atoms with E-state index in [4.69, 9.17) is 16.2 Å². The molecule has 1 aromatic carbocycles. The van der Waals surface area contributed by atoms with Crippen LogP contribution in [0, 0.1) is 0 Å². The average molecular weight is 220 g/mol. The number of hydrogen-bond acceptors (Lipinski definition) is 3. The fourth-order valence-electron chi connectivity index (χ4n) is 2.32. The van der Waals surface area contributed by atoms with Crippen molar-refractivity contribution in [3.05, 3.63) is 28.8 Å². The molecule has 16 heavy (non-hydrogen) atoms. The van der Waals surface area contributed by atoms with Gasteiger partial charge >= 0.3 is 0 Å². The van der Waals surface area contributed by atoms with Gasteiger partial charge in [0.15, 0.2) is 0 Å². The van der Waals surface area contributed by atoms with Gasteiger partial charge in [-0.05, 0) is 43.4 Å². The third kappa shape index (κ3) is 2.06. The number of rotatable bonds is 4. The molecule has 4 N–H and O–H groups in total. The highest BCUT2D eigenvalue weighted by molar-refractivity contribution is 5.46. The van der Waals surface area contributed by atoms with E-state index in [1.165, 1.54) is 17.5 Å². The van der Waals surface area contributed by atoms with Gasteiger partial charge in [-0.25, -0.2) is 0 Å². The first-order valence-electron chi connectivity index (χ1n) is 6.00. The topological polar surface area (TPSA) is 61.3 Å². The highest BCUT2D eigenvalue weighted by atomic mass is 16.5. The molecule has 0 amide bonds. The van der Waals surface area contributed by atoms with Gasteiger partial charge in [0, 0.05) is 18.2 Å². The minimum Gasteiger partial charge on any atom is -0.494 e. The van der Waals surface area contributed by atoms with Gasteiger partial charge in [0.2, 0.25) is 0 Å². The summed E-state index contributed by atoms with van der Waals surface area (Å²) in [7, 11) is 0. The van der Waals surface area contributed by atoms with Crippen LogP contribution in [-0.2, 0) is 12.8 Å². The predicted molar refractivity (Wildman–Crippen MR) is 65.6 cm³/mol. The van der Waals surface area contributed by atoms with Gasteiger partial charge in [-0.1, -0.05) is 6.07 Å². The highest BCUT2D eigenvalue weighted by Crippen LogP contribution is 2.32. The van der Waals surface area contributed by atoms with Crippen LogP contribution in [0.2, 0.25) is 0 Å². The second-order valence-electron chi connectivity index (χ2n) is 4.29. The van der Waals surface area contributed by atoms with Gasteiger partial charge in [-0.3, -0.25) is 0 Å². The standard InChI is InChI=1S/C13H20N2O/c1-2-16-13-7-10-5-3-4-9(10)6-11(13)12(15)8-14/h6-7,12H,2-5,8,14-15H2,1H3/t12-/m1/s1. The first-order valence-corrected chi connectivity index (χ1v) is 6.00. The van der Waals surface area contributed by atoms with Crippen molar-refractivity contribution in [2.75, 3.05) is 13.2 Å². The first-order chi connectivity index (χ1) is 7.76. The number of aryl methyl sites for hydroxylation is 2. The average Bonchev–Trinajstić information content (AvgIpc) is 2.74. The van der Waals surface area contributed by atoms with Gasteiger partial charge < -0.3 is 16.2 Å². The first kappa shape index (κ1) is 11.4. The fraction of sp³-hybridized carbons (Fsp3) is 0.538. The lowest BCUT2D eigenvalue weighted by atomic mass is 10.00. The Balaban J connectivity index is 2.40. The van der Waals surface area contributed by atoms with E-state index in [0.717, 1.165) is 24.2 Å². The molecule has 0 heterocycles. The van der Waals surface area contributed by atoms with Crippen LogP contribution in [0.4, 0.5) is 0 Å². The van der Waals surface area contributed by atoms with Crippen LogP contribution in [0.25, 0.3) is 0 Å². The Labute approximate surface area is 96.8 Å². The Morgan fingerprint density at radius 3 is 2.62 bits per heavy atom. The summed E-state index contributed by atoms with van der Waals surface area (Å²) in [6.45, 7) is 3.12. The lowest BCUT2D eigenvalue weighted by Crippen LogP contribution is -2.21. The van der Waals surface area contributed by atoms with Gasteiger partial charge in [-0.2, -0.15) is 0 Å². The molecule has 3 heteroatoms. The summed E-state index contributed by atoms with van der Waals surface area (Å²) in [5, 5.41) is 0. The molecule has 0 aliphatic heterocycles. The van der Waals surface area contributed by atoms with Gasteiger partial charge in [0.25, 0.3) is 0 Å². The smallest absolute Gasteiger partial charge is 0.124 e. The number of benzene rings is 1. The van der Waals surface area contributed by atoms with Crippen molar-refractivity contribution >= 4 is 0 Å². The summed E-state index contributed by atoms with van der Waals surface area (Å²) in [6.07, 6.45) is 3.56. The van der Waals surface area contributed by atoms with Crippen LogP contribution in [-0.4, -0.2) is 13.2 Å². The number of nitrogens with two attached hydrogens (primary N) is 2. The maximum Gasteiger partial charge on any atom is 0.124 e. The minimum absolute atomic E-state index is 0.118. The molecule has 0 fully saturated rings. The summed E-state index contributed by atoms with van der Waals surface area (Å²) < 4.78 is 5.65. The van der Waals surface area contributed by atoms with E-state index in [2.05, 4.69) is 12.1 Å². The Morgan fingerprint density at radius 1 is 1.31 bits per heavy atom. The molecule has 0 bridgehead atoms. The molecule has 0 spiro atoms. The third-order valence-corrected chi connectivity index (χ3v) is 3.18. The van der Waals surface area contributed by atoms with E-state index in [1.807, 2.05) is 6.92 Å². The molecule has 1 atom stereocenters. The van der Waals surface area contributed by atoms with E-state index >= 15 is 0 Å². The van der Waals surface area contributed by atoms with E-state index in [1.54, 1.807) is 0 Å². The van der Waals surface area contributed by atoms with Gasteiger partial charge in [-0.15, -0.1) is 0 Å². The summed E-state index contributed by atoms with van der Waals surface area (Å²) in [6, 6.07) is 4.22. The molecule has 1 aromatic rings. The third-order valence-electron chi connectivity index (χ3n) is 3.18. The predicted octanol–water partition coefficient (Wildman–Crippen LogP) is 1.53. The second kappa shape index (κ2) is 4.85. The van der Waals surface area contributed by atoms with Crippen LogP contribution in [0.15, 0.2) is 12.1 Å². The van der Waals surface area contributed by atoms with Crippen molar-refractivity contribution < 1.29 is 4.74 Å². The molecule has 88 valence electrons. The Bertz CT molecular complexity index is 376. The van der Waals surface area contributed by atoms with Crippen LogP contribution in [0.3, 0.4) is 0 Å². The minimum atomic E-state index is -0.118. The molecule has 0 radical (unpaired) electrons. The summed E-state index contributed by atoms with van der Waals surface area (Å²) >= 11 is 0. The van der Waals surface area contributed by atoms with Gasteiger partial charge in [0.1, 0.15) is 5.75 Å². The van der Waals surface area contributed by atoms with E-state index < -0.39 is 0 Å². The SMILES string of the molecule is CCOc1cc2c(cc1[C@H](N)CN)CCC2. The zero-order valence-corrected chi connectivity index (χ0v) is 9.83. The van der Waals surface area contributed by atoms with Crippen molar-refractivity contribution in [1.82, 2.24) is 0 Å². The van der Waals surface area contributed by atoms with E-state index in [0.29, 0.717) is 13.2 Å². The summed E-state index contributed by atoms with van der Waals surface area (Å²) in [5.41, 5.74) is 15.5. The Morgan fingerprint density at radius 2 is 2.00 bits per heavy atom. The van der Waals surface area contributed by atoms with Crippen LogP contribution in [0.5, 0.6) is 5.75 Å². The Kier molecular flexibility index (Phi) is 3.46. The largest absolute Gasteiger partial charge is 0.494 e. The molecule has 1 aliphatic carbocycles. The molecule has 0 saturated carbocycles. The molecule has 2 rings (SSSR count). The number of fused-ring (bicyclic) bond motifs is 1. The molecule has 0 unspecified atom stereocenters. The molecular weight excluding hydrogens is 200 g/mol. The van der Waals surface area contributed by atoms with Crippen LogP contribution >= 0.6 is 0 Å². The van der Waals surface area contributed by atoms with E-state index in [-0.39, 0.29) is 6.04 Å². The van der Waals surface area contributed by atoms with Crippen LogP contribution < -0.4 is 16.2 Å². The number of ether oxygens (including phenoxy) is 1. The summed E-state index contributed by atoms with van der Waals surface area (Å²) in [5.74, 6) is 0.918. The molecular formula is C13H20N2O. The maximum absolute atomic E-state index is 6.01. The zero-order valence-electron chi connectivity index (χ0n) is 9.83. The zero-order chi connectivity index (χ0) is 11.5. The van der Waals surface area contributed by atoms with Crippen molar-refractivity contribution in [3.8, 4) is 5.75 Å². The summed E-state index contributed by atoms with van der Waals surface area (Å²) in [4.78, 5) is 0. The lowest BCUT2D eigenvalue weighted by molar-refractivity contribution is 0.334. The van der Waals surface area contributed by atoms with Gasteiger partial charge in [0.05, 0.1) is 6.61 Å². The molecule has 0 aromatic heterocycles. The lowest BCUT2D eigenvalue weighted by Gasteiger charge is -2.17.